The van der Waals surface area contributed by atoms with Crippen molar-refractivity contribution in [2.45, 2.75) is 46.7 Å². The summed E-state index contributed by atoms with van der Waals surface area (Å²) in [6, 6.07) is 2.12. The van der Waals surface area contributed by atoms with Crippen molar-refractivity contribution in [1.29, 1.82) is 0 Å². The molecule has 1 fully saturated rings. The van der Waals surface area contributed by atoms with Crippen molar-refractivity contribution in [3.8, 4) is 0 Å². The fourth-order valence-electron chi connectivity index (χ4n) is 4.01. The summed E-state index contributed by atoms with van der Waals surface area (Å²) in [5.41, 5.74) is 1.56. The van der Waals surface area contributed by atoms with E-state index < -0.39 is 0 Å². The molecular formula is C19H24N4O2S. The standard InChI is InChI=1S/C19H24N4O2S/c1-4-22-15-8-13(3)26-18(15)14-9-20-23(19(25)17(14)22)11-16(24)21-7-5-6-12(2)10-21/h8-9,12H,4-7,10-11H2,1-3H3/t12-/m1/s1. The molecule has 7 heteroatoms. The van der Waals surface area contributed by atoms with Gasteiger partial charge < -0.3 is 9.47 Å². The van der Waals surface area contributed by atoms with Crippen molar-refractivity contribution >= 4 is 38.4 Å². The predicted molar refractivity (Wildman–Crippen MR) is 105 cm³/mol. The first kappa shape index (κ1) is 17.3. The van der Waals surface area contributed by atoms with E-state index in [4.69, 9.17) is 0 Å². The van der Waals surface area contributed by atoms with Gasteiger partial charge in [0.2, 0.25) is 5.91 Å². The molecule has 1 aliphatic rings. The van der Waals surface area contributed by atoms with Gasteiger partial charge in [0.05, 0.1) is 16.4 Å². The number of thiophene rings is 1. The summed E-state index contributed by atoms with van der Waals surface area (Å²) < 4.78 is 4.47. The Hall–Kier alpha value is -2.15. The number of fused-ring (bicyclic) bond motifs is 3. The molecule has 3 aromatic heterocycles. The molecular weight excluding hydrogens is 348 g/mol. The summed E-state index contributed by atoms with van der Waals surface area (Å²) in [7, 11) is 0. The average Bonchev–Trinajstić information content (AvgIpc) is 3.12. The molecule has 138 valence electrons. The number of nitrogens with zero attached hydrogens (tertiary/aromatic N) is 4. The number of rotatable bonds is 3. The van der Waals surface area contributed by atoms with Gasteiger partial charge in [0.1, 0.15) is 12.1 Å². The first-order valence-corrected chi connectivity index (χ1v) is 10.1. The van der Waals surface area contributed by atoms with Gasteiger partial charge in [-0.25, -0.2) is 4.68 Å². The second-order valence-electron chi connectivity index (χ2n) is 7.27. The quantitative estimate of drug-likeness (QED) is 0.710. The fraction of sp³-hybridized carbons (Fsp3) is 0.526. The van der Waals surface area contributed by atoms with Crippen LogP contribution in [0.25, 0.3) is 21.1 Å². The molecule has 0 radical (unpaired) electrons. The van der Waals surface area contributed by atoms with E-state index in [-0.39, 0.29) is 18.0 Å². The number of likely N-dealkylation sites (tertiary alicyclic amines) is 1. The molecule has 0 unspecified atom stereocenters. The van der Waals surface area contributed by atoms with Crippen LogP contribution in [0.15, 0.2) is 17.1 Å². The molecule has 0 saturated carbocycles. The lowest BCUT2D eigenvalue weighted by atomic mass is 10.0. The van der Waals surface area contributed by atoms with Crippen LogP contribution in [-0.4, -0.2) is 38.2 Å². The molecule has 4 heterocycles. The van der Waals surface area contributed by atoms with Crippen molar-refractivity contribution in [1.82, 2.24) is 19.2 Å². The van der Waals surface area contributed by atoms with Gasteiger partial charge in [-0.05, 0) is 38.7 Å². The maximum absolute atomic E-state index is 13.1. The molecule has 1 atom stereocenters. The van der Waals surface area contributed by atoms with E-state index in [0.717, 1.165) is 41.5 Å². The number of amides is 1. The highest BCUT2D eigenvalue weighted by atomic mass is 32.1. The van der Waals surface area contributed by atoms with Crippen molar-refractivity contribution in [2.75, 3.05) is 13.1 Å². The van der Waals surface area contributed by atoms with Crippen LogP contribution in [0, 0.1) is 12.8 Å². The Morgan fingerprint density at radius 2 is 2.23 bits per heavy atom. The topological polar surface area (TPSA) is 60.1 Å². The zero-order chi connectivity index (χ0) is 18.4. The molecule has 0 aliphatic carbocycles. The van der Waals surface area contributed by atoms with Crippen LogP contribution in [0.1, 0.15) is 31.6 Å². The van der Waals surface area contributed by atoms with Gasteiger partial charge in [0.15, 0.2) is 0 Å². The molecule has 26 heavy (non-hydrogen) atoms. The minimum absolute atomic E-state index is 0.0160. The Morgan fingerprint density at radius 1 is 1.42 bits per heavy atom. The van der Waals surface area contributed by atoms with E-state index in [1.165, 1.54) is 9.56 Å². The molecule has 1 amide bonds. The Labute approximate surface area is 156 Å². The average molecular weight is 372 g/mol. The summed E-state index contributed by atoms with van der Waals surface area (Å²) in [6.07, 6.45) is 3.93. The molecule has 1 aliphatic heterocycles. The molecule has 3 aromatic rings. The lowest BCUT2D eigenvalue weighted by Crippen LogP contribution is -2.42. The number of hydrogen-bond acceptors (Lipinski definition) is 4. The van der Waals surface area contributed by atoms with Crippen LogP contribution in [0.3, 0.4) is 0 Å². The number of aryl methyl sites for hydroxylation is 2. The summed E-state index contributed by atoms with van der Waals surface area (Å²) in [5.74, 6) is 0.505. The van der Waals surface area contributed by atoms with Crippen LogP contribution in [-0.2, 0) is 17.9 Å². The monoisotopic (exact) mass is 372 g/mol. The van der Waals surface area contributed by atoms with Gasteiger partial charge in [-0.2, -0.15) is 5.10 Å². The van der Waals surface area contributed by atoms with Crippen LogP contribution < -0.4 is 5.56 Å². The minimum atomic E-state index is -0.177. The summed E-state index contributed by atoms with van der Waals surface area (Å²) in [5, 5.41) is 5.21. The number of aromatic nitrogens is 3. The van der Waals surface area contributed by atoms with Crippen molar-refractivity contribution in [3.05, 3.63) is 27.5 Å². The van der Waals surface area contributed by atoms with E-state index in [9.17, 15) is 9.59 Å². The zero-order valence-corrected chi connectivity index (χ0v) is 16.3. The van der Waals surface area contributed by atoms with Gasteiger partial charge in [0, 0.05) is 29.9 Å². The normalized spacial score (nSPS) is 18.1. The Balaban J connectivity index is 1.74. The maximum Gasteiger partial charge on any atom is 0.291 e. The van der Waals surface area contributed by atoms with E-state index in [1.807, 2.05) is 16.4 Å². The Bertz CT molecular complexity index is 1050. The molecule has 0 N–H and O–H groups in total. The number of carbonyl (C=O) groups is 1. The van der Waals surface area contributed by atoms with Gasteiger partial charge in [-0.1, -0.05) is 6.92 Å². The van der Waals surface area contributed by atoms with E-state index in [2.05, 4.69) is 25.0 Å². The molecule has 0 spiro atoms. The maximum atomic E-state index is 13.1. The third kappa shape index (κ3) is 2.74. The summed E-state index contributed by atoms with van der Waals surface area (Å²) in [4.78, 5) is 28.8. The third-order valence-corrected chi connectivity index (χ3v) is 6.34. The smallest absolute Gasteiger partial charge is 0.291 e. The summed E-state index contributed by atoms with van der Waals surface area (Å²) >= 11 is 1.69. The highest BCUT2D eigenvalue weighted by Crippen LogP contribution is 2.33. The van der Waals surface area contributed by atoms with E-state index >= 15 is 0 Å². The highest BCUT2D eigenvalue weighted by molar-refractivity contribution is 7.20. The van der Waals surface area contributed by atoms with Crippen molar-refractivity contribution in [3.63, 3.8) is 0 Å². The van der Waals surface area contributed by atoms with Crippen LogP contribution in [0.5, 0.6) is 0 Å². The minimum Gasteiger partial charge on any atom is -0.341 e. The first-order chi connectivity index (χ1) is 12.5. The van der Waals surface area contributed by atoms with Gasteiger partial charge in [0.25, 0.3) is 5.56 Å². The van der Waals surface area contributed by atoms with Crippen molar-refractivity contribution in [2.24, 2.45) is 5.92 Å². The van der Waals surface area contributed by atoms with E-state index in [1.54, 1.807) is 17.5 Å². The Kier molecular flexibility index (Phi) is 4.34. The largest absolute Gasteiger partial charge is 0.341 e. The molecule has 0 aromatic carbocycles. The molecule has 4 rings (SSSR count). The van der Waals surface area contributed by atoms with Crippen LogP contribution >= 0.6 is 11.3 Å². The zero-order valence-electron chi connectivity index (χ0n) is 15.5. The number of piperidine rings is 1. The second-order valence-corrected chi connectivity index (χ2v) is 8.53. The fourth-order valence-corrected chi connectivity index (χ4v) is 5.03. The number of carbonyl (C=O) groups excluding carboxylic acids is 1. The second kappa shape index (κ2) is 6.54. The SMILES string of the molecule is CCn1c2cc(C)sc2c2cnn(CC(=O)N3CCC[C@@H](C)C3)c(=O)c21. The lowest BCUT2D eigenvalue weighted by Gasteiger charge is -2.30. The van der Waals surface area contributed by atoms with E-state index in [0.29, 0.717) is 18.0 Å². The van der Waals surface area contributed by atoms with Gasteiger partial charge >= 0.3 is 0 Å². The Morgan fingerprint density at radius 3 is 2.96 bits per heavy atom. The highest BCUT2D eigenvalue weighted by Gasteiger charge is 2.23. The molecule has 0 bridgehead atoms. The lowest BCUT2D eigenvalue weighted by molar-refractivity contribution is -0.133. The van der Waals surface area contributed by atoms with Crippen LogP contribution in [0.2, 0.25) is 0 Å². The predicted octanol–water partition coefficient (Wildman–Crippen LogP) is 3.00. The van der Waals surface area contributed by atoms with Crippen LogP contribution in [0.4, 0.5) is 0 Å². The first-order valence-electron chi connectivity index (χ1n) is 9.25. The molecule has 1 saturated heterocycles. The molecule has 6 nitrogen and oxygen atoms in total. The van der Waals surface area contributed by atoms with Gasteiger partial charge in [-0.3, -0.25) is 9.59 Å². The third-order valence-electron chi connectivity index (χ3n) is 5.27. The van der Waals surface area contributed by atoms with Crippen molar-refractivity contribution < 1.29 is 4.79 Å². The number of hydrogen-bond donors (Lipinski definition) is 0. The summed E-state index contributed by atoms with van der Waals surface area (Å²) in [6.45, 7) is 8.56. The van der Waals surface area contributed by atoms with Gasteiger partial charge in [-0.15, -0.1) is 11.3 Å².